The third-order valence-corrected chi connectivity index (χ3v) is 10.9. The zero-order valence-corrected chi connectivity index (χ0v) is 34.5. The molecular formula is C46H91NO4. The van der Waals surface area contributed by atoms with E-state index in [1.807, 2.05) is 6.08 Å². The molecular weight excluding hydrogens is 631 g/mol. The number of allylic oxidation sites excluding steroid dienone is 1. The van der Waals surface area contributed by atoms with E-state index in [-0.39, 0.29) is 6.61 Å². The van der Waals surface area contributed by atoms with Crippen LogP contribution >= 0.6 is 0 Å². The Bertz CT molecular complexity index is 713. The second-order valence-corrected chi connectivity index (χ2v) is 16.0. The molecule has 0 bridgehead atoms. The van der Waals surface area contributed by atoms with E-state index in [1.165, 1.54) is 199 Å². The molecule has 0 aliphatic rings. The van der Waals surface area contributed by atoms with E-state index in [0.717, 1.165) is 32.1 Å². The summed E-state index contributed by atoms with van der Waals surface area (Å²) in [4.78, 5) is 12.5. The van der Waals surface area contributed by atoms with Gasteiger partial charge in [0, 0.05) is 0 Å². The van der Waals surface area contributed by atoms with Crippen LogP contribution in [0.15, 0.2) is 12.2 Å². The number of nitrogens with one attached hydrogen (secondary N) is 1. The summed E-state index contributed by atoms with van der Waals surface area (Å²) < 4.78 is 0. The molecule has 304 valence electrons. The lowest BCUT2D eigenvalue weighted by Gasteiger charge is -2.21. The lowest BCUT2D eigenvalue weighted by atomic mass is 10.0. The number of hydrogen-bond donors (Lipinski definition) is 4. The van der Waals surface area contributed by atoms with E-state index < -0.39 is 24.2 Å². The minimum atomic E-state index is -1.09. The molecule has 0 radical (unpaired) electrons. The molecule has 0 rings (SSSR count). The van der Waals surface area contributed by atoms with Crippen LogP contribution in [0, 0.1) is 0 Å². The van der Waals surface area contributed by atoms with Gasteiger partial charge >= 0.3 is 0 Å². The van der Waals surface area contributed by atoms with Gasteiger partial charge in [-0.3, -0.25) is 4.79 Å². The summed E-state index contributed by atoms with van der Waals surface area (Å²) in [5.74, 6) is -0.498. The lowest BCUT2D eigenvalue weighted by molar-refractivity contribution is -0.131. The van der Waals surface area contributed by atoms with Crippen molar-refractivity contribution in [2.24, 2.45) is 0 Å². The average molecular weight is 722 g/mol. The fraction of sp³-hybridized carbons (Fsp3) is 0.935. The van der Waals surface area contributed by atoms with Crippen LogP contribution in [0.1, 0.15) is 251 Å². The summed E-state index contributed by atoms with van der Waals surface area (Å²) in [6.45, 7) is 4.20. The highest BCUT2D eigenvalue weighted by atomic mass is 16.3. The first-order chi connectivity index (χ1) is 25.1. The maximum Gasteiger partial charge on any atom is 0.249 e. The summed E-state index contributed by atoms with van der Waals surface area (Å²) in [7, 11) is 0. The molecule has 4 N–H and O–H groups in total. The molecule has 0 aromatic carbocycles. The highest BCUT2D eigenvalue weighted by Gasteiger charge is 2.22. The maximum absolute atomic E-state index is 12.5. The smallest absolute Gasteiger partial charge is 0.249 e. The van der Waals surface area contributed by atoms with Crippen molar-refractivity contribution in [3.8, 4) is 0 Å². The van der Waals surface area contributed by atoms with Crippen molar-refractivity contribution in [1.82, 2.24) is 5.32 Å². The number of aliphatic hydroxyl groups excluding tert-OH is 3. The van der Waals surface area contributed by atoms with Gasteiger partial charge in [-0.2, -0.15) is 0 Å². The lowest BCUT2D eigenvalue weighted by Crippen LogP contribution is -2.48. The Morgan fingerprint density at radius 3 is 1.08 bits per heavy atom. The van der Waals surface area contributed by atoms with Gasteiger partial charge in [0.05, 0.1) is 18.8 Å². The van der Waals surface area contributed by atoms with Crippen LogP contribution in [0.3, 0.4) is 0 Å². The molecule has 3 unspecified atom stereocenters. The van der Waals surface area contributed by atoms with E-state index in [9.17, 15) is 20.1 Å². The topological polar surface area (TPSA) is 89.8 Å². The quantitative estimate of drug-likeness (QED) is 0.0373. The maximum atomic E-state index is 12.5. The molecule has 0 aliphatic heterocycles. The van der Waals surface area contributed by atoms with Crippen LogP contribution in [-0.2, 0) is 4.79 Å². The van der Waals surface area contributed by atoms with Crippen molar-refractivity contribution in [3.05, 3.63) is 12.2 Å². The molecule has 51 heavy (non-hydrogen) atoms. The fourth-order valence-corrected chi connectivity index (χ4v) is 7.25. The first kappa shape index (κ1) is 50.1. The third kappa shape index (κ3) is 37.2. The Hall–Kier alpha value is -0.910. The second kappa shape index (κ2) is 41.8. The number of carbonyl (C=O) groups excluding carboxylic acids is 1. The fourth-order valence-electron chi connectivity index (χ4n) is 7.25. The van der Waals surface area contributed by atoms with E-state index in [2.05, 4.69) is 19.2 Å². The van der Waals surface area contributed by atoms with Gasteiger partial charge in [-0.1, -0.05) is 244 Å². The summed E-state index contributed by atoms with van der Waals surface area (Å²) in [5, 5.41) is 33.2. The van der Waals surface area contributed by atoms with Crippen molar-refractivity contribution in [2.75, 3.05) is 6.61 Å². The minimum absolute atomic E-state index is 0.359. The second-order valence-electron chi connectivity index (χ2n) is 16.0. The van der Waals surface area contributed by atoms with Gasteiger partial charge in [0.15, 0.2) is 0 Å². The normalized spacial score (nSPS) is 13.6. The highest BCUT2D eigenvalue weighted by molar-refractivity contribution is 5.80. The zero-order valence-electron chi connectivity index (χ0n) is 34.5. The van der Waals surface area contributed by atoms with E-state index >= 15 is 0 Å². The van der Waals surface area contributed by atoms with Crippen molar-refractivity contribution >= 4 is 5.91 Å². The predicted molar refractivity (Wildman–Crippen MR) is 222 cm³/mol. The predicted octanol–water partition coefficient (Wildman–Crippen LogP) is 13.2. The average Bonchev–Trinajstić information content (AvgIpc) is 3.13. The molecule has 3 atom stereocenters. The molecule has 0 aromatic rings. The Kier molecular flexibility index (Phi) is 41.1. The highest BCUT2D eigenvalue weighted by Crippen LogP contribution is 2.16. The van der Waals surface area contributed by atoms with Gasteiger partial charge in [-0.05, 0) is 19.3 Å². The van der Waals surface area contributed by atoms with Crippen LogP contribution in [0.4, 0.5) is 0 Å². The molecule has 1 amide bonds. The third-order valence-electron chi connectivity index (χ3n) is 10.9. The number of unbranched alkanes of at least 4 members (excludes halogenated alkanes) is 34. The largest absolute Gasteiger partial charge is 0.394 e. The van der Waals surface area contributed by atoms with Gasteiger partial charge < -0.3 is 20.6 Å². The standard InChI is InChI=1S/C46H91NO4/c1-3-5-7-9-11-13-15-17-19-21-23-25-26-28-30-32-34-36-38-40-44(49)43(42-48)47-46(51)45(50)41-39-37-35-33-31-29-27-24-22-20-18-16-14-12-10-8-6-4-2/h38,40,43-45,48-50H,3-37,39,41-42H2,1-2H3,(H,47,51)/b40-38+. The van der Waals surface area contributed by atoms with Crippen molar-refractivity contribution in [3.63, 3.8) is 0 Å². The number of carbonyl (C=O) groups is 1. The monoisotopic (exact) mass is 722 g/mol. The summed E-state index contributed by atoms with van der Waals surface area (Å²) in [5.41, 5.74) is 0. The zero-order chi connectivity index (χ0) is 37.3. The number of aliphatic hydroxyl groups is 3. The van der Waals surface area contributed by atoms with E-state index in [1.54, 1.807) is 6.08 Å². The molecule has 0 saturated heterocycles. The molecule has 5 heteroatoms. The van der Waals surface area contributed by atoms with Crippen LogP contribution in [0.5, 0.6) is 0 Å². The van der Waals surface area contributed by atoms with Crippen molar-refractivity contribution in [1.29, 1.82) is 0 Å². The number of rotatable bonds is 42. The van der Waals surface area contributed by atoms with Gasteiger partial charge in [-0.25, -0.2) is 0 Å². The van der Waals surface area contributed by atoms with Crippen molar-refractivity contribution < 1.29 is 20.1 Å². The molecule has 0 aliphatic carbocycles. The van der Waals surface area contributed by atoms with Gasteiger partial charge in [0.2, 0.25) is 5.91 Å². The molecule has 0 heterocycles. The molecule has 0 aromatic heterocycles. The Morgan fingerprint density at radius 2 is 0.765 bits per heavy atom. The van der Waals surface area contributed by atoms with Gasteiger partial charge in [-0.15, -0.1) is 0 Å². The minimum Gasteiger partial charge on any atom is -0.394 e. The van der Waals surface area contributed by atoms with Gasteiger partial charge in [0.25, 0.3) is 0 Å². The van der Waals surface area contributed by atoms with E-state index in [0.29, 0.717) is 6.42 Å². The Balaban J connectivity index is 3.63. The molecule has 5 nitrogen and oxygen atoms in total. The molecule has 0 fully saturated rings. The molecule has 0 spiro atoms. The SMILES string of the molecule is CCCCCCCCCCCCCCCCCCC/C=C/C(O)C(CO)NC(=O)C(O)CCCCCCCCCCCCCCCCCCCC. The Labute approximate surface area is 319 Å². The van der Waals surface area contributed by atoms with E-state index in [4.69, 9.17) is 0 Å². The first-order valence-electron chi connectivity index (χ1n) is 23.0. The van der Waals surface area contributed by atoms with Crippen LogP contribution in [0.2, 0.25) is 0 Å². The van der Waals surface area contributed by atoms with Crippen LogP contribution in [0.25, 0.3) is 0 Å². The van der Waals surface area contributed by atoms with Crippen molar-refractivity contribution in [2.45, 2.75) is 270 Å². The number of amides is 1. The van der Waals surface area contributed by atoms with Crippen LogP contribution < -0.4 is 5.32 Å². The Morgan fingerprint density at radius 1 is 0.471 bits per heavy atom. The summed E-state index contributed by atoms with van der Waals surface area (Å²) in [6.07, 6.45) is 49.6. The number of hydrogen-bond acceptors (Lipinski definition) is 4. The molecule has 0 saturated carbocycles. The summed E-state index contributed by atoms with van der Waals surface area (Å²) in [6, 6.07) is -0.792. The van der Waals surface area contributed by atoms with Crippen LogP contribution in [-0.4, -0.2) is 46.1 Å². The first-order valence-corrected chi connectivity index (χ1v) is 23.0. The van der Waals surface area contributed by atoms with Gasteiger partial charge in [0.1, 0.15) is 6.10 Å². The summed E-state index contributed by atoms with van der Waals surface area (Å²) >= 11 is 0.